The predicted octanol–water partition coefficient (Wildman–Crippen LogP) is 3.66. The third kappa shape index (κ3) is 2.50. The van der Waals surface area contributed by atoms with Crippen LogP contribution in [-0.2, 0) is 0 Å². The van der Waals surface area contributed by atoms with Crippen LogP contribution in [0.3, 0.4) is 0 Å². The highest BCUT2D eigenvalue weighted by molar-refractivity contribution is 5.70. The summed E-state index contributed by atoms with van der Waals surface area (Å²) in [5, 5.41) is 7.07. The van der Waals surface area contributed by atoms with Crippen molar-refractivity contribution in [2.75, 3.05) is 24.3 Å². The lowest BCUT2D eigenvalue weighted by Crippen LogP contribution is -2.10. The lowest BCUT2D eigenvalue weighted by molar-refractivity contribution is 0.414. The molecule has 1 atom stereocenters. The van der Waals surface area contributed by atoms with Crippen molar-refractivity contribution in [3.8, 4) is 5.75 Å². The molecule has 2 aromatic rings. The van der Waals surface area contributed by atoms with Crippen LogP contribution in [0.25, 0.3) is 0 Å². The molecule has 0 aromatic heterocycles. The largest absolute Gasteiger partial charge is 0.497 e. The van der Waals surface area contributed by atoms with E-state index in [-0.39, 0.29) is 0 Å². The van der Waals surface area contributed by atoms with E-state index >= 15 is 0 Å². The van der Waals surface area contributed by atoms with Gasteiger partial charge in [0.2, 0.25) is 0 Å². The van der Waals surface area contributed by atoms with Gasteiger partial charge < -0.3 is 15.4 Å². The Morgan fingerprint density at radius 3 is 2.47 bits per heavy atom. The number of fused-ring (bicyclic) bond motifs is 1. The summed E-state index contributed by atoms with van der Waals surface area (Å²) in [6.07, 6.45) is 1.06. The summed E-state index contributed by atoms with van der Waals surface area (Å²) in [5.74, 6) is 0.899. The molecule has 0 saturated heterocycles. The number of hydrogen-bond donors (Lipinski definition) is 2. The van der Waals surface area contributed by atoms with Gasteiger partial charge in [-0.05, 0) is 36.2 Å². The van der Waals surface area contributed by atoms with E-state index in [4.69, 9.17) is 4.74 Å². The van der Waals surface area contributed by atoms with Crippen LogP contribution in [0.15, 0.2) is 48.5 Å². The van der Waals surface area contributed by atoms with Gasteiger partial charge in [-0.15, -0.1) is 0 Å². The third-order valence-corrected chi connectivity index (χ3v) is 3.52. The zero-order chi connectivity index (χ0) is 13.1. The average molecular weight is 254 g/mol. The van der Waals surface area contributed by atoms with E-state index in [1.54, 1.807) is 7.11 Å². The van der Waals surface area contributed by atoms with Crippen LogP contribution in [0.2, 0.25) is 0 Å². The maximum atomic E-state index is 5.20. The molecule has 0 saturated carbocycles. The molecule has 0 radical (unpaired) electrons. The SMILES string of the molecule is COc1ccc(C2CCNc3ccccc3N2)cc1. The van der Waals surface area contributed by atoms with Crippen LogP contribution < -0.4 is 15.4 Å². The lowest BCUT2D eigenvalue weighted by Gasteiger charge is -2.18. The number of anilines is 2. The fraction of sp³-hybridized carbons (Fsp3) is 0.250. The smallest absolute Gasteiger partial charge is 0.118 e. The van der Waals surface area contributed by atoms with Crippen LogP contribution in [-0.4, -0.2) is 13.7 Å². The Kier molecular flexibility index (Phi) is 3.27. The van der Waals surface area contributed by atoms with Gasteiger partial charge in [-0.2, -0.15) is 0 Å². The first kappa shape index (κ1) is 11.9. The van der Waals surface area contributed by atoms with Crippen molar-refractivity contribution in [3.63, 3.8) is 0 Å². The Morgan fingerprint density at radius 2 is 1.74 bits per heavy atom. The summed E-state index contributed by atoms with van der Waals surface area (Å²) in [5.41, 5.74) is 3.64. The second-order valence-electron chi connectivity index (χ2n) is 4.73. The number of benzene rings is 2. The Hall–Kier alpha value is -2.16. The average Bonchev–Trinajstić information content (AvgIpc) is 2.69. The molecule has 0 aliphatic carbocycles. The molecule has 2 aromatic carbocycles. The molecule has 2 N–H and O–H groups in total. The summed E-state index contributed by atoms with van der Waals surface area (Å²) in [6, 6.07) is 17.0. The van der Waals surface area contributed by atoms with Crippen molar-refractivity contribution in [1.29, 1.82) is 0 Å². The van der Waals surface area contributed by atoms with Crippen LogP contribution >= 0.6 is 0 Å². The zero-order valence-electron chi connectivity index (χ0n) is 11.0. The van der Waals surface area contributed by atoms with Crippen molar-refractivity contribution in [2.24, 2.45) is 0 Å². The minimum atomic E-state index is 0.335. The number of para-hydroxylation sites is 2. The van der Waals surface area contributed by atoms with Crippen molar-refractivity contribution in [1.82, 2.24) is 0 Å². The topological polar surface area (TPSA) is 33.3 Å². The first-order valence-electron chi connectivity index (χ1n) is 6.60. The molecule has 3 rings (SSSR count). The van der Waals surface area contributed by atoms with Crippen LogP contribution in [0.4, 0.5) is 11.4 Å². The molecular formula is C16H18N2O. The number of rotatable bonds is 2. The van der Waals surface area contributed by atoms with E-state index in [2.05, 4.69) is 47.0 Å². The minimum Gasteiger partial charge on any atom is -0.497 e. The predicted molar refractivity (Wildman–Crippen MR) is 78.9 cm³/mol. The summed E-state index contributed by atoms with van der Waals surface area (Å²) in [7, 11) is 1.69. The summed E-state index contributed by atoms with van der Waals surface area (Å²) in [6.45, 7) is 0.973. The first-order chi connectivity index (χ1) is 9.36. The first-order valence-corrected chi connectivity index (χ1v) is 6.60. The molecule has 1 aliphatic rings. The second kappa shape index (κ2) is 5.22. The molecule has 98 valence electrons. The Balaban J connectivity index is 1.85. The summed E-state index contributed by atoms with van der Waals surface area (Å²) < 4.78 is 5.20. The van der Waals surface area contributed by atoms with Gasteiger partial charge in [0.25, 0.3) is 0 Å². The van der Waals surface area contributed by atoms with Crippen molar-refractivity contribution in [2.45, 2.75) is 12.5 Å². The minimum absolute atomic E-state index is 0.335. The van der Waals surface area contributed by atoms with Gasteiger partial charge in [0.1, 0.15) is 5.75 Å². The van der Waals surface area contributed by atoms with Crippen molar-refractivity contribution >= 4 is 11.4 Å². The van der Waals surface area contributed by atoms with Gasteiger partial charge in [0.05, 0.1) is 24.5 Å². The van der Waals surface area contributed by atoms with Gasteiger partial charge in [-0.25, -0.2) is 0 Å². The van der Waals surface area contributed by atoms with Gasteiger partial charge in [-0.1, -0.05) is 24.3 Å². The molecule has 0 spiro atoms. The fourth-order valence-electron chi connectivity index (χ4n) is 2.46. The van der Waals surface area contributed by atoms with Crippen LogP contribution in [0, 0.1) is 0 Å². The maximum Gasteiger partial charge on any atom is 0.118 e. The van der Waals surface area contributed by atoms with Crippen LogP contribution in [0.5, 0.6) is 5.75 Å². The molecular weight excluding hydrogens is 236 g/mol. The van der Waals surface area contributed by atoms with Crippen molar-refractivity contribution < 1.29 is 4.74 Å². The molecule has 3 heteroatoms. The van der Waals surface area contributed by atoms with E-state index in [9.17, 15) is 0 Å². The van der Waals surface area contributed by atoms with E-state index in [0.717, 1.165) is 18.7 Å². The molecule has 3 nitrogen and oxygen atoms in total. The highest BCUT2D eigenvalue weighted by Crippen LogP contribution is 2.31. The molecule has 1 aliphatic heterocycles. The molecule has 0 fully saturated rings. The summed E-state index contributed by atoms with van der Waals surface area (Å²) >= 11 is 0. The molecule has 1 heterocycles. The van der Waals surface area contributed by atoms with E-state index in [1.165, 1.54) is 16.9 Å². The number of ether oxygens (including phenoxy) is 1. The number of methoxy groups -OCH3 is 1. The van der Waals surface area contributed by atoms with Gasteiger partial charge in [0.15, 0.2) is 0 Å². The fourth-order valence-corrected chi connectivity index (χ4v) is 2.46. The number of hydrogen-bond acceptors (Lipinski definition) is 3. The zero-order valence-corrected chi connectivity index (χ0v) is 11.0. The highest BCUT2D eigenvalue weighted by Gasteiger charge is 2.16. The molecule has 19 heavy (non-hydrogen) atoms. The Labute approximate surface area is 113 Å². The standard InChI is InChI=1S/C16H18N2O/c1-19-13-8-6-12(7-9-13)14-10-11-17-15-4-2-3-5-16(15)18-14/h2-9,14,17-18H,10-11H2,1H3. The molecule has 1 unspecified atom stereocenters. The van der Waals surface area contributed by atoms with E-state index < -0.39 is 0 Å². The van der Waals surface area contributed by atoms with Gasteiger partial charge in [-0.3, -0.25) is 0 Å². The Bertz CT molecular complexity index is 551. The van der Waals surface area contributed by atoms with E-state index in [0.29, 0.717) is 6.04 Å². The maximum absolute atomic E-state index is 5.20. The number of nitrogens with one attached hydrogen (secondary N) is 2. The second-order valence-corrected chi connectivity index (χ2v) is 4.73. The molecule has 0 amide bonds. The summed E-state index contributed by atoms with van der Waals surface area (Å²) in [4.78, 5) is 0. The van der Waals surface area contributed by atoms with Gasteiger partial charge in [0, 0.05) is 6.54 Å². The molecule has 0 bridgehead atoms. The lowest BCUT2D eigenvalue weighted by atomic mass is 10.0. The normalized spacial score (nSPS) is 17.6. The highest BCUT2D eigenvalue weighted by atomic mass is 16.5. The van der Waals surface area contributed by atoms with Crippen molar-refractivity contribution in [3.05, 3.63) is 54.1 Å². The van der Waals surface area contributed by atoms with Crippen LogP contribution in [0.1, 0.15) is 18.0 Å². The monoisotopic (exact) mass is 254 g/mol. The Morgan fingerprint density at radius 1 is 1.00 bits per heavy atom. The quantitative estimate of drug-likeness (QED) is 0.858. The van der Waals surface area contributed by atoms with E-state index in [1.807, 2.05) is 12.1 Å². The third-order valence-electron chi connectivity index (χ3n) is 3.52. The van der Waals surface area contributed by atoms with Gasteiger partial charge >= 0.3 is 0 Å².